The van der Waals surface area contributed by atoms with Gasteiger partial charge in [-0.25, -0.2) is 8.42 Å². The summed E-state index contributed by atoms with van der Waals surface area (Å²) in [6, 6.07) is 1.49. The summed E-state index contributed by atoms with van der Waals surface area (Å²) in [5, 5.41) is 0. The summed E-state index contributed by atoms with van der Waals surface area (Å²) in [6.07, 6.45) is 4.61. The summed E-state index contributed by atoms with van der Waals surface area (Å²) < 4.78 is 25.2. The number of aromatic nitrogens is 1. The zero-order chi connectivity index (χ0) is 9.47. The van der Waals surface area contributed by atoms with Crippen molar-refractivity contribution in [1.29, 1.82) is 0 Å². The van der Waals surface area contributed by atoms with E-state index in [-0.39, 0.29) is 0 Å². The van der Waals surface area contributed by atoms with Gasteiger partial charge in [-0.2, -0.15) is 0 Å². The minimum Gasteiger partial charge on any atom is -0.286 e. The highest BCUT2D eigenvalue weighted by Crippen LogP contribution is 2.21. The number of nitrogens with zero attached hydrogens (tertiary/aromatic N) is 1. The number of fused-ring (bicyclic) bond motifs is 1. The molecule has 1 aliphatic rings. The lowest BCUT2D eigenvalue weighted by Crippen LogP contribution is -2.22. The van der Waals surface area contributed by atoms with Crippen LogP contribution < -0.4 is 4.72 Å². The highest BCUT2D eigenvalue weighted by Gasteiger charge is 2.20. The van der Waals surface area contributed by atoms with Gasteiger partial charge in [0.25, 0.3) is 10.0 Å². The van der Waals surface area contributed by atoms with E-state index in [4.69, 9.17) is 0 Å². The highest BCUT2D eigenvalue weighted by atomic mass is 32.2. The van der Waals surface area contributed by atoms with Gasteiger partial charge in [0.2, 0.25) is 0 Å². The van der Waals surface area contributed by atoms with E-state index in [1.54, 1.807) is 13.0 Å². The minimum absolute atomic E-state index is 0.294. The van der Waals surface area contributed by atoms with Crippen molar-refractivity contribution in [2.75, 3.05) is 0 Å². The normalized spacial score (nSPS) is 17.6. The van der Waals surface area contributed by atoms with Crippen LogP contribution in [0.2, 0.25) is 0 Å². The second-order valence-corrected chi connectivity index (χ2v) is 4.45. The van der Waals surface area contributed by atoms with E-state index in [0.717, 1.165) is 5.69 Å². The van der Waals surface area contributed by atoms with Gasteiger partial charge in [-0.05, 0) is 19.1 Å². The molecule has 13 heavy (non-hydrogen) atoms. The van der Waals surface area contributed by atoms with Gasteiger partial charge >= 0.3 is 0 Å². The maximum Gasteiger partial charge on any atom is 0.262 e. The van der Waals surface area contributed by atoms with Crippen LogP contribution in [0.1, 0.15) is 11.3 Å². The average molecular weight is 196 g/mol. The van der Waals surface area contributed by atoms with Crippen LogP contribution in [0.15, 0.2) is 23.4 Å². The first-order valence-corrected chi connectivity index (χ1v) is 5.24. The van der Waals surface area contributed by atoms with E-state index in [1.165, 1.54) is 18.5 Å². The summed E-state index contributed by atoms with van der Waals surface area (Å²) >= 11 is 0. The molecule has 4 nitrogen and oxygen atoms in total. The second-order valence-electron chi connectivity index (χ2n) is 2.76. The Bertz CT molecular complexity index is 477. The van der Waals surface area contributed by atoms with Gasteiger partial charge in [-0.1, -0.05) is 0 Å². The molecule has 0 radical (unpaired) electrons. The van der Waals surface area contributed by atoms with Crippen molar-refractivity contribution in [2.24, 2.45) is 0 Å². The monoisotopic (exact) mass is 196 g/mol. The largest absolute Gasteiger partial charge is 0.286 e. The second kappa shape index (κ2) is 2.56. The number of hydrogen-bond donors (Lipinski definition) is 1. The van der Waals surface area contributed by atoms with E-state index in [9.17, 15) is 8.42 Å². The molecule has 2 rings (SSSR count). The zero-order valence-electron chi connectivity index (χ0n) is 6.98. The summed E-state index contributed by atoms with van der Waals surface area (Å²) in [5.74, 6) is 0. The molecule has 0 saturated heterocycles. The van der Waals surface area contributed by atoms with Crippen molar-refractivity contribution in [3.63, 3.8) is 0 Å². The molecular formula is C8H8N2O2S. The molecule has 68 valence electrons. The lowest BCUT2D eigenvalue weighted by atomic mass is 10.2. The van der Waals surface area contributed by atoms with Crippen LogP contribution in [-0.4, -0.2) is 13.4 Å². The fourth-order valence-electron chi connectivity index (χ4n) is 1.26. The molecule has 2 heterocycles. The van der Waals surface area contributed by atoms with E-state index in [0.29, 0.717) is 10.5 Å². The molecule has 1 aliphatic heterocycles. The zero-order valence-corrected chi connectivity index (χ0v) is 7.80. The first-order chi connectivity index (χ1) is 6.11. The van der Waals surface area contributed by atoms with Gasteiger partial charge in [0.15, 0.2) is 0 Å². The van der Waals surface area contributed by atoms with Crippen molar-refractivity contribution >= 4 is 16.1 Å². The molecule has 0 aromatic carbocycles. The maximum atomic E-state index is 11.4. The summed E-state index contributed by atoms with van der Waals surface area (Å²) in [4.78, 5) is 4.31. The highest BCUT2D eigenvalue weighted by molar-refractivity contribution is 7.89. The number of rotatable bonds is 0. The van der Waals surface area contributed by atoms with Crippen LogP contribution in [-0.2, 0) is 10.0 Å². The number of pyridine rings is 1. The van der Waals surface area contributed by atoms with Crippen LogP contribution in [0.25, 0.3) is 6.08 Å². The van der Waals surface area contributed by atoms with Crippen LogP contribution in [0.5, 0.6) is 0 Å². The lowest BCUT2D eigenvalue weighted by Gasteiger charge is -2.13. The quantitative estimate of drug-likeness (QED) is 0.663. The van der Waals surface area contributed by atoms with E-state index >= 15 is 0 Å². The van der Waals surface area contributed by atoms with Crippen LogP contribution in [0.3, 0.4) is 0 Å². The number of sulfonamides is 1. The first kappa shape index (κ1) is 8.25. The molecule has 1 N–H and O–H groups in total. The molecule has 0 aliphatic carbocycles. The third-order valence-corrected chi connectivity index (χ3v) is 3.29. The maximum absolute atomic E-state index is 11.4. The third kappa shape index (κ3) is 1.21. The van der Waals surface area contributed by atoms with Gasteiger partial charge in [0, 0.05) is 23.7 Å². The Morgan fingerprint density at radius 3 is 2.92 bits per heavy atom. The van der Waals surface area contributed by atoms with Crippen molar-refractivity contribution in [2.45, 2.75) is 11.8 Å². The predicted octanol–water partition coefficient (Wildman–Crippen LogP) is 0.653. The predicted molar refractivity (Wildman–Crippen MR) is 48.3 cm³/mol. The SMILES string of the molecule is Cc1nccc2c1C=CNS2(=O)=O. The molecule has 5 heteroatoms. The Morgan fingerprint density at radius 2 is 2.23 bits per heavy atom. The minimum atomic E-state index is -3.34. The van der Waals surface area contributed by atoms with Crippen LogP contribution in [0.4, 0.5) is 0 Å². The fourth-order valence-corrected chi connectivity index (χ4v) is 2.38. The first-order valence-electron chi connectivity index (χ1n) is 3.76. The van der Waals surface area contributed by atoms with Crippen LogP contribution >= 0.6 is 0 Å². The molecular weight excluding hydrogens is 188 g/mol. The molecule has 0 fully saturated rings. The molecule has 0 amide bonds. The molecule has 0 spiro atoms. The van der Waals surface area contributed by atoms with Gasteiger partial charge in [0.05, 0.1) is 4.90 Å². The van der Waals surface area contributed by atoms with Crippen molar-refractivity contribution < 1.29 is 8.42 Å². The molecule has 0 saturated carbocycles. The molecule has 0 atom stereocenters. The van der Waals surface area contributed by atoms with Gasteiger partial charge in [-0.3, -0.25) is 9.71 Å². The van der Waals surface area contributed by atoms with Crippen molar-refractivity contribution in [3.8, 4) is 0 Å². The van der Waals surface area contributed by atoms with E-state index in [2.05, 4.69) is 9.71 Å². The average Bonchev–Trinajstić information content (AvgIpc) is 2.06. The van der Waals surface area contributed by atoms with Gasteiger partial charge < -0.3 is 0 Å². The van der Waals surface area contributed by atoms with Gasteiger partial charge in [0.1, 0.15) is 0 Å². The molecule has 1 aromatic heterocycles. The topological polar surface area (TPSA) is 59.1 Å². The standard InChI is InChI=1S/C8H8N2O2S/c1-6-7-2-5-10-13(11,12)8(7)3-4-9-6/h2-5,10H,1H3. The Hall–Kier alpha value is -1.36. The number of hydrogen-bond acceptors (Lipinski definition) is 3. The Morgan fingerprint density at radius 1 is 1.46 bits per heavy atom. The Labute approximate surface area is 76.4 Å². The van der Waals surface area contributed by atoms with Crippen molar-refractivity contribution in [1.82, 2.24) is 9.71 Å². The lowest BCUT2D eigenvalue weighted by molar-refractivity contribution is 0.589. The molecule has 1 aromatic rings. The smallest absolute Gasteiger partial charge is 0.262 e. The molecule has 0 unspecified atom stereocenters. The Balaban J connectivity index is 2.82. The summed E-state index contributed by atoms with van der Waals surface area (Å²) in [6.45, 7) is 1.78. The molecule has 0 bridgehead atoms. The van der Waals surface area contributed by atoms with E-state index < -0.39 is 10.0 Å². The summed E-state index contributed by atoms with van der Waals surface area (Å²) in [5.41, 5.74) is 1.39. The Kier molecular flexibility index (Phi) is 1.63. The fraction of sp³-hybridized carbons (Fsp3) is 0.125. The summed E-state index contributed by atoms with van der Waals surface area (Å²) in [7, 11) is -3.34. The van der Waals surface area contributed by atoms with E-state index in [1.807, 2.05) is 0 Å². The van der Waals surface area contributed by atoms with Crippen LogP contribution in [0, 0.1) is 6.92 Å². The van der Waals surface area contributed by atoms with Gasteiger partial charge in [-0.15, -0.1) is 0 Å². The number of nitrogens with one attached hydrogen (secondary N) is 1. The van der Waals surface area contributed by atoms with Crippen molar-refractivity contribution in [3.05, 3.63) is 29.7 Å². The third-order valence-electron chi connectivity index (χ3n) is 1.91. The number of aryl methyl sites for hydroxylation is 1.